The Morgan fingerprint density at radius 1 is 1.35 bits per heavy atom. The molecule has 26 heavy (non-hydrogen) atoms. The molecule has 0 spiro atoms. The lowest BCUT2D eigenvalue weighted by Crippen LogP contribution is -2.17. The number of nitrogens with one attached hydrogen (secondary N) is 1. The molecule has 5 nitrogen and oxygen atoms in total. The van der Waals surface area contributed by atoms with Gasteiger partial charge in [0.15, 0.2) is 0 Å². The van der Waals surface area contributed by atoms with Crippen LogP contribution in [0.1, 0.15) is 11.3 Å². The van der Waals surface area contributed by atoms with E-state index in [1.165, 1.54) is 11.8 Å². The summed E-state index contributed by atoms with van der Waals surface area (Å²) in [5.74, 6) is 0.341. The third-order valence-corrected chi connectivity index (χ3v) is 5.04. The number of furan rings is 1. The number of fused-ring (bicyclic) bond motifs is 1. The summed E-state index contributed by atoms with van der Waals surface area (Å²) in [5.41, 5.74) is 3.39. The number of rotatable bonds is 3. The summed E-state index contributed by atoms with van der Waals surface area (Å²) < 4.78 is 6.42. The van der Waals surface area contributed by atoms with Crippen molar-refractivity contribution in [2.45, 2.75) is 6.42 Å². The first-order valence-electron chi connectivity index (χ1n) is 7.73. The van der Waals surface area contributed by atoms with E-state index in [1.54, 1.807) is 18.5 Å². The monoisotopic (exact) mass is 377 g/mol. The summed E-state index contributed by atoms with van der Waals surface area (Å²) in [7, 11) is 0. The number of amides is 1. The molecule has 4 rings (SSSR count). The van der Waals surface area contributed by atoms with Gasteiger partial charge in [0.2, 0.25) is 0 Å². The zero-order chi connectivity index (χ0) is 18.1. The van der Waals surface area contributed by atoms with Crippen molar-refractivity contribution in [3.8, 4) is 17.2 Å². The van der Waals surface area contributed by atoms with E-state index in [4.69, 9.17) is 21.9 Å². The van der Waals surface area contributed by atoms with Crippen LogP contribution >= 0.6 is 24.0 Å². The Morgan fingerprint density at radius 3 is 3.00 bits per heavy atom. The molecule has 0 bridgehead atoms. The first-order chi connectivity index (χ1) is 12.6. The van der Waals surface area contributed by atoms with Crippen molar-refractivity contribution in [2.75, 3.05) is 0 Å². The molecule has 0 aliphatic carbocycles. The third-order valence-electron chi connectivity index (χ3n) is 3.88. The van der Waals surface area contributed by atoms with E-state index < -0.39 is 0 Å². The zero-order valence-electron chi connectivity index (χ0n) is 13.4. The molecule has 1 N–H and O–H groups in total. The fourth-order valence-corrected chi connectivity index (χ4v) is 3.77. The van der Waals surface area contributed by atoms with Gasteiger partial charge in [-0.25, -0.2) is 0 Å². The highest BCUT2D eigenvalue weighted by atomic mass is 32.2. The minimum Gasteiger partial charge on any atom is -0.456 e. The Morgan fingerprint density at radius 2 is 2.23 bits per heavy atom. The smallest absolute Gasteiger partial charge is 0.263 e. The average molecular weight is 377 g/mol. The standard InChI is InChI=1S/C19H11N3O2S2/c20-5-4-11-2-1-3-12(6-11)15-10-21-9-13-7-14(24-17(13)15)8-16-18(23)22-19(25)26-16/h1-3,6-10H,4H2,(H,22,23,25). The molecule has 2 aromatic heterocycles. The summed E-state index contributed by atoms with van der Waals surface area (Å²) in [5, 5.41) is 12.3. The largest absolute Gasteiger partial charge is 0.456 e. The van der Waals surface area contributed by atoms with Gasteiger partial charge in [0.1, 0.15) is 15.7 Å². The van der Waals surface area contributed by atoms with Gasteiger partial charge in [0.25, 0.3) is 5.91 Å². The van der Waals surface area contributed by atoms with Crippen molar-refractivity contribution in [1.82, 2.24) is 10.3 Å². The van der Waals surface area contributed by atoms with Gasteiger partial charge in [0, 0.05) is 29.4 Å². The molecule has 1 saturated heterocycles. The van der Waals surface area contributed by atoms with E-state index in [0.29, 0.717) is 27.0 Å². The Labute approximate surface area is 158 Å². The first-order valence-corrected chi connectivity index (χ1v) is 8.95. The molecular weight excluding hydrogens is 366 g/mol. The number of carbonyl (C=O) groups excluding carboxylic acids is 1. The van der Waals surface area contributed by atoms with Crippen molar-refractivity contribution in [3.63, 3.8) is 0 Å². The molecule has 1 aliphatic heterocycles. The van der Waals surface area contributed by atoms with Gasteiger partial charge in [0.05, 0.1) is 17.4 Å². The summed E-state index contributed by atoms with van der Waals surface area (Å²) in [6, 6.07) is 11.7. The molecule has 1 aromatic carbocycles. The topological polar surface area (TPSA) is 78.9 Å². The van der Waals surface area contributed by atoms with E-state index in [2.05, 4.69) is 16.4 Å². The van der Waals surface area contributed by atoms with Crippen LogP contribution in [0.25, 0.3) is 28.2 Å². The molecule has 0 unspecified atom stereocenters. The highest BCUT2D eigenvalue weighted by Crippen LogP contribution is 2.33. The van der Waals surface area contributed by atoms with Crippen LogP contribution in [-0.4, -0.2) is 15.2 Å². The van der Waals surface area contributed by atoms with Crippen molar-refractivity contribution in [3.05, 3.63) is 59.0 Å². The molecule has 0 atom stereocenters. The van der Waals surface area contributed by atoms with E-state index in [1.807, 2.05) is 30.3 Å². The number of nitrogens with zero attached hydrogens (tertiary/aromatic N) is 2. The number of thiocarbonyl (C=S) groups is 1. The molecule has 7 heteroatoms. The second-order valence-electron chi connectivity index (χ2n) is 5.64. The number of aromatic nitrogens is 1. The van der Waals surface area contributed by atoms with Crippen LogP contribution in [-0.2, 0) is 11.2 Å². The molecule has 0 radical (unpaired) electrons. The normalized spacial score (nSPS) is 15.4. The molecule has 3 heterocycles. The van der Waals surface area contributed by atoms with Crippen LogP contribution in [0.4, 0.5) is 0 Å². The Hall–Kier alpha value is -2.95. The van der Waals surface area contributed by atoms with Gasteiger partial charge in [-0.2, -0.15) is 5.26 Å². The molecule has 1 amide bonds. The van der Waals surface area contributed by atoms with Gasteiger partial charge < -0.3 is 9.73 Å². The van der Waals surface area contributed by atoms with Crippen LogP contribution in [0.2, 0.25) is 0 Å². The van der Waals surface area contributed by atoms with Gasteiger partial charge in [-0.3, -0.25) is 9.78 Å². The molecule has 1 fully saturated rings. The summed E-state index contributed by atoms with van der Waals surface area (Å²) in [6.07, 6.45) is 5.48. The van der Waals surface area contributed by atoms with Crippen molar-refractivity contribution in [2.24, 2.45) is 0 Å². The second kappa shape index (κ2) is 6.75. The minimum atomic E-state index is -0.219. The number of thioether (sulfide) groups is 1. The Kier molecular flexibility index (Phi) is 4.29. The Bertz CT molecular complexity index is 1130. The highest BCUT2D eigenvalue weighted by Gasteiger charge is 2.22. The van der Waals surface area contributed by atoms with E-state index in [9.17, 15) is 4.79 Å². The lowest BCUT2D eigenvalue weighted by atomic mass is 10.0. The van der Waals surface area contributed by atoms with Crippen molar-refractivity contribution >= 4 is 51.3 Å². The number of hydrogen-bond acceptors (Lipinski definition) is 6. The minimum absolute atomic E-state index is 0.219. The molecule has 3 aromatic rings. The summed E-state index contributed by atoms with van der Waals surface area (Å²) in [6.45, 7) is 0. The van der Waals surface area contributed by atoms with Crippen LogP contribution in [0.15, 0.2) is 52.0 Å². The maximum absolute atomic E-state index is 11.8. The fraction of sp³-hybridized carbons (Fsp3) is 0.0526. The van der Waals surface area contributed by atoms with Gasteiger partial charge in [-0.15, -0.1) is 0 Å². The summed E-state index contributed by atoms with van der Waals surface area (Å²) >= 11 is 6.21. The van der Waals surface area contributed by atoms with Gasteiger partial charge >= 0.3 is 0 Å². The van der Waals surface area contributed by atoms with Gasteiger partial charge in [-0.05, 0) is 23.3 Å². The number of carbonyl (C=O) groups is 1. The van der Waals surface area contributed by atoms with Crippen LogP contribution in [0.3, 0.4) is 0 Å². The second-order valence-corrected chi connectivity index (χ2v) is 7.36. The highest BCUT2D eigenvalue weighted by molar-refractivity contribution is 8.26. The van der Waals surface area contributed by atoms with E-state index in [-0.39, 0.29) is 5.91 Å². The van der Waals surface area contributed by atoms with Crippen LogP contribution < -0.4 is 5.32 Å². The predicted octanol–water partition coefficient (Wildman–Crippen LogP) is 4.05. The molecule has 126 valence electrons. The Balaban J connectivity index is 1.78. The molecular formula is C19H11N3O2S2. The lowest BCUT2D eigenvalue weighted by Gasteiger charge is -2.03. The summed E-state index contributed by atoms with van der Waals surface area (Å²) in [4.78, 5) is 16.6. The van der Waals surface area contributed by atoms with Crippen LogP contribution in [0.5, 0.6) is 0 Å². The zero-order valence-corrected chi connectivity index (χ0v) is 15.0. The maximum atomic E-state index is 11.8. The predicted molar refractivity (Wildman–Crippen MR) is 105 cm³/mol. The van der Waals surface area contributed by atoms with E-state index >= 15 is 0 Å². The maximum Gasteiger partial charge on any atom is 0.263 e. The lowest BCUT2D eigenvalue weighted by molar-refractivity contribution is -0.115. The number of hydrogen-bond donors (Lipinski definition) is 1. The number of nitriles is 1. The van der Waals surface area contributed by atoms with Crippen LogP contribution in [0, 0.1) is 11.3 Å². The first kappa shape index (κ1) is 16.5. The van der Waals surface area contributed by atoms with Crippen molar-refractivity contribution in [1.29, 1.82) is 5.26 Å². The molecule has 0 saturated carbocycles. The van der Waals surface area contributed by atoms with E-state index in [0.717, 1.165) is 22.1 Å². The SMILES string of the molecule is N#CCc1cccc(-c2cncc3cc(C=C4SC(=S)NC4=O)oc23)c1. The molecule has 1 aliphatic rings. The number of benzene rings is 1. The van der Waals surface area contributed by atoms with Gasteiger partial charge in [-0.1, -0.05) is 42.2 Å². The quantitative estimate of drug-likeness (QED) is 0.548. The average Bonchev–Trinajstić information content (AvgIpc) is 3.17. The third kappa shape index (κ3) is 3.12. The fourth-order valence-electron chi connectivity index (χ4n) is 2.75. The van der Waals surface area contributed by atoms with Crippen molar-refractivity contribution < 1.29 is 9.21 Å². The number of pyridine rings is 1.